The van der Waals surface area contributed by atoms with Crippen molar-refractivity contribution >= 4 is 16.7 Å². The summed E-state index contributed by atoms with van der Waals surface area (Å²) < 4.78 is 1.81. The van der Waals surface area contributed by atoms with Crippen LogP contribution < -0.4 is 5.69 Å². The monoisotopic (exact) mass is 243 g/mol. The van der Waals surface area contributed by atoms with Gasteiger partial charge in [0.05, 0.1) is 11.0 Å². The van der Waals surface area contributed by atoms with Crippen molar-refractivity contribution in [2.24, 2.45) is 0 Å². The third kappa shape index (κ3) is 1.78. The maximum atomic E-state index is 12.0. The lowest BCUT2D eigenvalue weighted by atomic mass is 10.2. The van der Waals surface area contributed by atoms with E-state index in [9.17, 15) is 4.79 Å². The largest absolute Gasteiger partial charge is 0.330 e. The van der Waals surface area contributed by atoms with Gasteiger partial charge in [0.15, 0.2) is 0 Å². The first kappa shape index (κ1) is 11.3. The van der Waals surface area contributed by atoms with Crippen molar-refractivity contribution in [3.05, 3.63) is 40.8 Å². The van der Waals surface area contributed by atoms with Crippen molar-refractivity contribution < 1.29 is 0 Å². The van der Waals surface area contributed by atoms with Crippen molar-refractivity contribution in [3.8, 4) is 0 Å². The molecule has 0 unspecified atom stereocenters. The fourth-order valence-electron chi connectivity index (χ4n) is 2.53. The predicted octanol–water partition coefficient (Wildman–Crippen LogP) is 1.90. The van der Waals surface area contributed by atoms with E-state index in [-0.39, 0.29) is 5.69 Å². The normalized spacial score (nSPS) is 17.1. The highest BCUT2D eigenvalue weighted by Gasteiger charge is 2.15. The molecule has 18 heavy (non-hydrogen) atoms. The maximum absolute atomic E-state index is 12.0. The van der Waals surface area contributed by atoms with E-state index in [1.807, 2.05) is 28.8 Å². The zero-order valence-corrected chi connectivity index (χ0v) is 10.5. The maximum Gasteiger partial charge on any atom is 0.330 e. The number of hydrogen-bond acceptors (Lipinski definition) is 2. The molecule has 0 radical (unpaired) electrons. The molecule has 4 nitrogen and oxygen atoms in total. The molecule has 0 amide bonds. The zero-order valence-electron chi connectivity index (χ0n) is 10.5. The minimum absolute atomic E-state index is 0.0348. The third-order valence-electron chi connectivity index (χ3n) is 3.59. The Morgan fingerprint density at radius 2 is 2.17 bits per heavy atom. The Balaban J connectivity index is 2.07. The first-order valence-corrected chi connectivity index (χ1v) is 6.41. The number of para-hydroxylation sites is 2. The molecule has 0 aliphatic carbocycles. The van der Waals surface area contributed by atoms with Gasteiger partial charge >= 0.3 is 5.69 Å². The number of benzene rings is 1. The van der Waals surface area contributed by atoms with Crippen LogP contribution >= 0.6 is 0 Å². The molecule has 1 aliphatic heterocycles. The van der Waals surface area contributed by atoms with Crippen molar-refractivity contribution in [2.75, 3.05) is 19.6 Å². The van der Waals surface area contributed by atoms with Crippen molar-refractivity contribution in [2.45, 2.75) is 13.3 Å². The van der Waals surface area contributed by atoms with Gasteiger partial charge in [0, 0.05) is 25.2 Å². The Labute approximate surface area is 106 Å². The number of imidazole rings is 1. The van der Waals surface area contributed by atoms with Gasteiger partial charge in [0.2, 0.25) is 0 Å². The molecule has 0 fully saturated rings. The Morgan fingerprint density at radius 1 is 1.33 bits per heavy atom. The molecule has 1 N–H and O–H groups in total. The highest BCUT2D eigenvalue weighted by atomic mass is 16.1. The second kappa shape index (κ2) is 4.46. The summed E-state index contributed by atoms with van der Waals surface area (Å²) in [5, 5.41) is 0. The van der Waals surface area contributed by atoms with Gasteiger partial charge in [0.1, 0.15) is 0 Å². The molecule has 2 aromatic rings. The lowest BCUT2D eigenvalue weighted by Crippen LogP contribution is -2.30. The standard InChI is InChI=1S/C14H17N3O/c1-2-16-9-7-11(8-10-16)17-13-6-4-3-5-12(13)15-14(17)18/h3-7H,2,8-10H2,1H3,(H,15,18). The molecule has 1 aliphatic rings. The minimum Gasteiger partial charge on any atom is -0.305 e. The van der Waals surface area contributed by atoms with Crippen LogP contribution in [0.3, 0.4) is 0 Å². The van der Waals surface area contributed by atoms with E-state index in [1.165, 1.54) is 0 Å². The number of aromatic nitrogens is 2. The topological polar surface area (TPSA) is 41.0 Å². The van der Waals surface area contributed by atoms with E-state index in [1.54, 1.807) is 0 Å². The van der Waals surface area contributed by atoms with Crippen LogP contribution in [-0.4, -0.2) is 34.1 Å². The van der Waals surface area contributed by atoms with Crippen LogP contribution in [0.5, 0.6) is 0 Å². The summed E-state index contributed by atoms with van der Waals surface area (Å²) in [6.45, 7) is 5.18. The second-order valence-corrected chi connectivity index (χ2v) is 4.62. The third-order valence-corrected chi connectivity index (χ3v) is 3.59. The number of likely N-dealkylation sites (N-methyl/N-ethyl adjacent to an activating group) is 1. The Morgan fingerprint density at radius 3 is 2.89 bits per heavy atom. The Hall–Kier alpha value is -1.81. The summed E-state index contributed by atoms with van der Waals surface area (Å²) in [5.41, 5.74) is 2.95. The first-order valence-electron chi connectivity index (χ1n) is 6.41. The van der Waals surface area contributed by atoms with Crippen LogP contribution in [0.2, 0.25) is 0 Å². The molecule has 0 saturated carbocycles. The van der Waals surface area contributed by atoms with Gasteiger partial charge in [-0.1, -0.05) is 25.1 Å². The van der Waals surface area contributed by atoms with Crippen LogP contribution in [0.15, 0.2) is 35.1 Å². The molecule has 1 aromatic heterocycles. The molecule has 4 heteroatoms. The fourth-order valence-corrected chi connectivity index (χ4v) is 2.53. The highest BCUT2D eigenvalue weighted by Crippen LogP contribution is 2.19. The van der Waals surface area contributed by atoms with Crippen LogP contribution in [0, 0.1) is 0 Å². The quantitative estimate of drug-likeness (QED) is 0.875. The molecule has 0 spiro atoms. The summed E-state index contributed by atoms with van der Waals surface area (Å²) in [4.78, 5) is 17.3. The molecular weight excluding hydrogens is 226 g/mol. The van der Waals surface area contributed by atoms with Crippen LogP contribution in [0.1, 0.15) is 13.3 Å². The lowest BCUT2D eigenvalue weighted by molar-refractivity contribution is 0.316. The average molecular weight is 243 g/mol. The van der Waals surface area contributed by atoms with Crippen molar-refractivity contribution in [3.63, 3.8) is 0 Å². The van der Waals surface area contributed by atoms with Gasteiger partial charge in [-0.05, 0) is 18.7 Å². The number of aromatic amines is 1. The fraction of sp³-hybridized carbons (Fsp3) is 0.357. The molecule has 0 atom stereocenters. The van der Waals surface area contributed by atoms with Crippen molar-refractivity contribution in [1.82, 2.24) is 14.5 Å². The second-order valence-electron chi connectivity index (χ2n) is 4.62. The molecule has 0 bridgehead atoms. The van der Waals surface area contributed by atoms with Gasteiger partial charge in [0.25, 0.3) is 0 Å². The minimum atomic E-state index is -0.0348. The SMILES string of the molecule is CCN1CC=C(n2c(=O)[nH]c3ccccc32)CC1. The predicted molar refractivity (Wildman–Crippen MR) is 73.6 cm³/mol. The number of nitrogens with zero attached hydrogens (tertiary/aromatic N) is 2. The smallest absolute Gasteiger partial charge is 0.305 e. The van der Waals surface area contributed by atoms with Crippen LogP contribution in [-0.2, 0) is 0 Å². The Bertz CT molecular complexity index is 650. The van der Waals surface area contributed by atoms with Gasteiger partial charge in [-0.2, -0.15) is 0 Å². The number of H-pyrrole nitrogens is 1. The van der Waals surface area contributed by atoms with E-state index < -0.39 is 0 Å². The van der Waals surface area contributed by atoms with E-state index in [2.05, 4.69) is 22.9 Å². The first-order chi connectivity index (χ1) is 8.79. The van der Waals surface area contributed by atoms with Gasteiger partial charge in [-0.15, -0.1) is 0 Å². The van der Waals surface area contributed by atoms with Gasteiger partial charge in [-0.25, -0.2) is 4.79 Å². The van der Waals surface area contributed by atoms with Gasteiger partial charge in [-0.3, -0.25) is 9.47 Å². The van der Waals surface area contributed by atoms with E-state index in [4.69, 9.17) is 0 Å². The average Bonchev–Trinajstić information content (AvgIpc) is 2.75. The summed E-state index contributed by atoms with van der Waals surface area (Å²) in [6, 6.07) is 7.83. The number of nitrogens with one attached hydrogen (secondary N) is 1. The summed E-state index contributed by atoms with van der Waals surface area (Å²) in [7, 11) is 0. The van der Waals surface area contributed by atoms with Crippen LogP contribution in [0.25, 0.3) is 16.7 Å². The zero-order chi connectivity index (χ0) is 12.5. The summed E-state index contributed by atoms with van der Waals surface area (Å²) in [5.74, 6) is 0. The molecule has 0 saturated heterocycles. The molecular formula is C14H17N3O. The molecule has 94 valence electrons. The lowest BCUT2D eigenvalue weighted by Gasteiger charge is -2.24. The molecule has 1 aromatic carbocycles. The number of rotatable bonds is 2. The number of hydrogen-bond donors (Lipinski definition) is 1. The van der Waals surface area contributed by atoms with Gasteiger partial charge < -0.3 is 4.98 Å². The van der Waals surface area contributed by atoms with Crippen molar-refractivity contribution in [1.29, 1.82) is 0 Å². The highest BCUT2D eigenvalue weighted by molar-refractivity contribution is 5.79. The van der Waals surface area contributed by atoms with E-state index >= 15 is 0 Å². The summed E-state index contributed by atoms with van der Waals surface area (Å²) in [6.07, 6.45) is 3.09. The Kier molecular flexibility index (Phi) is 2.80. The van der Waals surface area contributed by atoms with E-state index in [0.29, 0.717) is 0 Å². The number of fused-ring (bicyclic) bond motifs is 1. The van der Waals surface area contributed by atoms with E-state index in [0.717, 1.165) is 42.8 Å². The molecule has 3 rings (SSSR count). The molecule has 2 heterocycles. The summed E-state index contributed by atoms with van der Waals surface area (Å²) >= 11 is 0. The van der Waals surface area contributed by atoms with Crippen LogP contribution in [0.4, 0.5) is 0 Å².